The number of hydrogen-bond donors (Lipinski definition) is 1. The first-order valence-corrected chi connectivity index (χ1v) is 6.62. The van der Waals surface area contributed by atoms with Gasteiger partial charge >= 0.3 is 0 Å². The van der Waals surface area contributed by atoms with Crippen molar-refractivity contribution in [3.63, 3.8) is 0 Å². The predicted octanol–water partition coefficient (Wildman–Crippen LogP) is 2.97. The van der Waals surface area contributed by atoms with Crippen LogP contribution in [0, 0.1) is 0 Å². The summed E-state index contributed by atoms with van der Waals surface area (Å²) in [6.45, 7) is 3.29. The standard InChI is InChI=1S/C16H20O3/c1-16(18-12-13-19-16)11-7-3-6-10-15(17)14-8-4-2-5-9-14/h2-5,8-10,15,17H,7,11-13H2,1H3. The Morgan fingerprint density at radius 3 is 2.68 bits per heavy atom. The number of aliphatic hydroxyl groups is 1. The zero-order chi connectivity index (χ0) is 13.6. The molecule has 0 aliphatic carbocycles. The summed E-state index contributed by atoms with van der Waals surface area (Å²) in [7, 11) is 0. The molecule has 0 radical (unpaired) electrons. The van der Waals surface area contributed by atoms with Crippen molar-refractivity contribution >= 4 is 0 Å². The third-order valence-electron chi connectivity index (χ3n) is 3.15. The third-order valence-corrected chi connectivity index (χ3v) is 3.15. The molecule has 102 valence electrons. The summed E-state index contributed by atoms with van der Waals surface area (Å²) in [5.74, 6) is -0.448. The van der Waals surface area contributed by atoms with Gasteiger partial charge in [-0.1, -0.05) is 30.3 Å². The van der Waals surface area contributed by atoms with E-state index < -0.39 is 11.9 Å². The summed E-state index contributed by atoms with van der Waals surface area (Å²) < 4.78 is 11.0. The van der Waals surface area contributed by atoms with Crippen molar-refractivity contribution in [3.05, 3.63) is 53.8 Å². The lowest BCUT2D eigenvalue weighted by Crippen LogP contribution is -2.24. The molecule has 0 aromatic heterocycles. The van der Waals surface area contributed by atoms with E-state index in [0.717, 1.165) is 18.4 Å². The minimum absolute atomic E-state index is 0.448. The normalized spacial score (nSPS) is 18.6. The minimum Gasteiger partial charge on any atom is -0.384 e. The van der Waals surface area contributed by atoms with Gasteiger partial charge in [0.05, 0.1) is 13.2 Å². The molecule has 0 amide bonds. The van der Waals surface area contributed by atoms with Gasteiger partial charge < -0.3 is 14.6 Å². The van der Waals surface area contributed by atoms with E-state index in [2.05, 4.69) is 5.73 Å². The van der Waals surface area contributed by atoms with E-state index in [9.17, 15) is 5.11 Å². The van der Waals surface area contributed by atoms with Gasteiger partial charge in [-0.25, -0.2) is 0 Å². The summed E-state index contributed by atoms with van der Waals surface area (Å²) in [5.41, 5.74) is 3.89. The molecule has 0 spiro atoms. The summed E-state index contributed by atoms with van der Waals surface area (Å²) in [6.07, 6.45) is 4.58. The summed E-state index contributed by atoms with van der Waals surface area (Å²) >= 11 is 0. The van der Waals surface area contributed by atoms with Crippen molar-refractivity contribution < 1.29 is 14.6 Å². The molecule has 1 atom stereocenters. The van der Waals surface area contributed by atoms with Crippen LogP contribution in [0.4, 0.5) is 0 Å². The molecular formula is C16H20O3. The molecule has 1 aliphatic heterocycles. The second-order valence-electron chi connectivity index (χ2n) is 4.76. The van der Waals surface area contributed by atoms with Crippen LogP contribution in [0.1, 0.15) is 31.4 Å². The van der Waals surface area contributed by atoms with E-state index in [4.69, 9.17) is 9.47 Å². The maximum atomic E-state index is 9.89. The van der Waals surface area contributed by atoms with Crippen molar-refractivity contribution in [2.75, 3.05) is 13.2 Å². The van der Waals surface area contributed by atoms with Gasteiger partial charge in [0.1, 0.15) is 6.10 Å². The lowest BCUT2D eigenvalue weighted by molar-refractivity contribution is -0.145. The Bertz CT molecular complexity index is 440. The number of hydrogen-bond acceptors (Lipinski definition) is 3. The van der Waals surface area contributed by atoms with Gasteiger partial charge in [-0.15, -0.1) is 5.73 Å². The summed E-state index contributed by atoms with van der Waals surface area (Å²) in [4.78, 5) is 0. The molecule has 0 saturated carbocycles. The predicted molar refractivity (Wildman–Crippen MR) is 73.6 cm³/mol. The average molecular weight is 260 g/mol. The first-order valence-electron chi connectivity index (χ1n) is 6.62. The average Bonchev–Trinajstić information content (AvgIpc) is 2.86. The van der Waals surface area contributed by atoms with Crippen LogP contribution in [0.25, 0.3) is 0 Å². The van der Waals surface area contributed by atoms with Gasteiger partial charge in [0, 0.05) is 6.42 Å². The van der Waals surface area contributed by atoms with Crippen LogP contribution >= 0.6 is 0 Å². The van der Waals surface area contributed by atoms with E-state index in [1.165, 1.54) is 0 Å². The molecule has 1 aliphatic rings. The van der Waals surface area contributed by atoms with Crippen molar-refractivity contribution in [1.29, 1.82) is 0 Å². The first-order chi connectivity index (χ1) is 9.20. The number of benzene rings is 1. The second kappa shape index (κ2) is 6.69. The van der Waals surface area contributed by atoms with Gasteiger partial charge in [-0.05, 0) is 31.1 Å². The molecule has 3 nitrogen and oxygen atoms in total. The van der Waals surface area contributed by atoms with Crippen LogP contribution in [-0.2, 0) is 9.47 Å². The van der Waals surface area contributed by atoms with Crippen LogP contribution in [0.2, 0.25) is 0 Å². The zero-order valence-electron chi connectivity index (χ0n) is 11.2. The minimum atomic E-state index is -0.605. The largest absolute Gasteiger partial charge is 0.384 e. The number of rotatable bonds is 5. The van der Waals surface area contributed by atoms with Crippen LogP contribution < -0.4 is 0 Å². The molecular weight excluding hydrogens is 240 g/mol. The van der Waals surface area contributed by atoms with E-state index in [1.54, 1.807) is 6.08 Å². The molecule has 1 fully saturated rings. The topological polar surface area (TPSA) is 38.7 Å². The Hall–Kier alpha value is -1.38. The van der Waals surface area contributed by atoms with E-state index in [1.807, 2.05) is 43.3 Å². The number of aliphatic hydroxyl groups excluding tert-OH is 1. The van der Waals surface area contributed by atoms with Crippen molar-refractivity contribution in [1.82, 2.24) is 0 Å². The lowest BCUT2D eigenvalue weighted by Gasteiger charge is -2.20. The van der Waals surface area contributed by atoms with E-state index in [-0.39, 0.29) is 0 Å². The van der Waals surface area contributed by atoms with Gasteiger partial charge in [0.15, 0.2) is 5.79 Å². The van der Waals surface area contributed by atoms with Gasteiger partial charge in [0.25, 0.3) is 0 Å². The highest BCUT2D eigenvalue weighted by Crippen LogP contribution is 2.24. The third kappa shape index (κ3) is 4.34. The van der Waals surface area contributed by atoms with Crippen LogP contribution in [0.15, 0.2) is 48.2 Å². The Labute approximate surface area is 114 Å². The molecule has 0 bridgehead atoms. The molecule has 1 unspecified atom stereocenters. The molecule has 2 rings (SSSR count). The van der Waals surface area contributed by atoms with Crippen molar-refractivity contribution in [2.45, 2.75) is 31.7 Å². The highest BCUT2D eigenvalue weighted by atomic mass is 16.7. The molecule has 19 heavy (non-hydrogen) atoms. The maximum Gasteiger partial charge on any atom is 0.166 e. The van der Waals surface area contributed by atoms with E-state index >= 15 is 0 Å². The first kappa shape index (κ1) is 14.0. The van der Waals surface area contributed by atoms with Crippen LogP contribution in [-0.4, -0.2) is 24.1 Å². The highest BCUT2D eigenvalue weighted by molar-refractivity contribution is 5.20. The lowest BCUT2D eigenvalue weighted by atomic mass is 10.1. The van der Waals surface area contributed by atoms with Crippen LogP contribution in [0.3, 0.4) is 0 Å². The van der Waals surface area contributed by atoms with Gasteiger partial charge in [-0.3, -0.25) is 0 Å². The molecule has 1 saturated heterocycles. The van der Waals surface area contributed by atoms with Crippen molar-refractivity contribution in [2.24, 2.45) is 0 Å². The Morgan fingerprint density at radius 1 is 1.32 bits per heavy atom. The number of ether oxygens (including phenoxy) is 2. The molecule has 1 heterocycles. The fraction of sp³-hybridized carbons (Fsp3) is 0.438. The highest BCUT2D eigenvalue weighted by Gasteiger charge is 2.29. The Balaban J connectivity index is 1.80. The van der Waals surface area contributed by atoms with Crippen LogP contribution in [0.5, 0.6) is 0 Å². The van der Waals surface area contributed by atoms with Gasteiger partial charge in [0.2, 0.25) is 0 Å². The maximum absolute atomic E-state index is 9.89. The summed E-state index contributed by atoms with van der Waals surface area (Å²) in [6, 6.07) is 9.53. The molecule has 3 heteroatoms. The monoisotopic (exact) mass is 260 g/mol. The Morgan fingerprint density at radius 2 is 2.00 bits per heavy atom. The smallest absolute Gasteiger partial charge is 0.166 e. The SMILES string of the molecule is CC1(CCC=C=CC(O)c2ccccc2)OCCO1. The fourth-order valence-electron chi connectivity index (χ4n) is 2.02. The fourth-order valence-corrected chi connectivity index (χ4v) is 2.02. The second-order valence-corrected chi connectivity index (χ2v) is 4.76. The van der Waals surface area contributed by atoms with Crippen molar-refractivity contribution in [3.8, 4) is 0 Å². The molecule has 1 aromatic rings. The Kier molecular flexibility index (Phi) is 4.94. The van der Waals surface area contributed by atoms with Gasteiger partial charge in [-0.2, -0.15) is 0 Å². The molecule has 1 aromatic carbocycles. The zero-order valence-corrected chi connectivity index (χ0v) is 11.2. The molecule has 1 N–H and O–H groups in total. The van der Waals surface area contributed by atoms with E-state index in [0.29, 0.717) is 13.2 Å². The summed E-state index contributed by atoms with van der Waals surface area (Å²) in [5, 5.41) is 9.89. The quantitative estimate of drug-likeness (QED) is 0.827.